The number of amides is 2. The lowest BCUT2D eigenvalue weighted by Crippen LogP contribution is -2.51. The lowest BCUT2D eigenvalue weighted by molar-refractivity contribution is -0.139. The van der Waals surface area contributed by atoms with Crippen molar-refractivity contribution in [1.29, 1.82) is 0 Å². The molecule has 6 nitrogen and oxygen atoms in total. The Balaban J connectivity index is 2.05. The minimum Gasteiger partial charge on any atom is -0.463 e. The van der Waals surface area contributed by atoms with E-state index < -0.39 is 6.04 Å². The number of ether oxygens (including phenoxy) is 1. The van der Waals surface area contributed by atoms with Gasteiger partial charge in [-0.15, -0.1) is 0 Å². The fourth-order valence-electron chi connectivity index (χ4n) is 3.88. The molecule has 146 valence electrons. The van der Waals surface area contributed by atoms with Gasteiger partial charge in [0.15, 0.2) is 0 Å². The number of hydrogen-bond donors (Lipinski definition) is 1. The van der Waals surface area contributed by atoms with Crippen LogP contribution >= 0.6 is 0 Å². The second kappa shape index (κ2) is 9.04. The Bertz CT molecular complexity index is 696. The van der Waals surface area contributed by atoms with Gasteiger partial charge in [-0.05, 0) is 45.3 Å². The molecule has 1 saturated heterocycles. The number of benzene rings is 1. The van der Waals surface area contributed by atoms with E-state index in [1.807, 2.05) is 37.3 Å². The monoisotopic (exact) mass is 371 g/mol. The van der Waals surface area contributed by atoms with Crippen LogP contribution in [0.25, 0.3) is 0 Å². The van der Waals surface area contributed by atoms with Crippen LogP contribution in [-0.2, 0) is 9.53 Å². The first kappa shape index (κ1) is 19.4. The van der Waals surface area contributed by atoms with Crippen LogP contribution in [0.4, 0.5) is 4.79 Å². The number of piperidine rings is 1. The quantitative estimate of drug-likeness (QED) is 0.781. The summed E-state index contributed by atoms with van der Waals surface area (Å²) in [4.78, 5) is 29.7. The highest BCUT2D eigenvalue weighted by atomic mass is 16.5. The van der Waals surface area contributed by atoms with E-state index in [9.17, 15) is 9.59 Å². The Morgan fingerprint density at radius 2 is 1.85 bits per heavy atom. The minimum atomic E-state index is -0.486. The summed E-state index contributed by atoms with van der Waals surface area (Å²) in [7, 11) is 0. The molecular formula is C21H29N3O3. The molecule has 3 rings (SSSR count). The highest BCUT2D eigenvalue weighted by Crippen LogP contribution is 2.32. The number of nitrogens with one attached hydrogen (secondary N) is 1. The van der Waals surface area contributed by atoms with Crippen molar-refractivity contribution in [3.8, 4) is 0 Å². The molecule has 0 aliphatic carbocycles. The van der Waals surface area contributed by atoms with E-state index in [-0.39, 0.29) is 12.0 Å². The number of rotatable bonds is 6. The molecular weight excluding hydrogens is 342 g/mol. The summed E-state index contributed by atoms with van der Waals surface area (Å²) >= 11 is 0. The Kier molecular flexibility index (Phi) is 6.50. The summed E-state index contributed by atoms with van der Waals surface area (Å²) in [5, 5.41) is 3.00. The van der Waals surface area contributed by atoms with Gasteiger partial charge >= 0.3 is 12.0 Å². The largest absolute Gasteiger partial charge is 0.463 e. The smallest absolute Gasteiger partial charge is 0.338 e. The average molecular weight is 371 g/mol. The van der Waals surface area contributed by atoms with Gasteiger partial charge in [-0.2, -0.15) is 0 Å². The highest BCUT2D eigenvalue weighted by Gasteiger charge is 2.38. The molecule has 0 unspecified atom stereocenters. The molecule has 2 heterocycles. The van der Waals surface area contributed by atoms with Crippen LogP contribution in [-0.4, -0.2) is 54.6 Å². The second-order valence-corrected chi connectivity index (χ2v) is 6.96. The predicted octanol–water partition coefficient (Wildman–Crippen LogP) is 3.08. The van der Waals surface area contributed by atoms with E-state index in [0.29, 0.717) is 25.3 Å². The number of carbonyl (C=O) groups excluding carboxylic acids is 2. The molecule has 27 heavy (non-hydrogen) atoms. The first-order valence-electron chi connectivity index (χ1n) is 9.91. The number of hydrogen-bond acceptors (Lipinski definition) is 4. The van der Waals surface area contributed by atoms with Crippen molar-refractivity contribution < 1.29 is 14.3 Å². The molecule has 1 aromatic rings. The van der Waals surface area contributed by atoms with Gasteiger partial charge in [-0.1, -0.05) is 36.8 Å². The van der Waals surface area contributed by atoms with Gasteiger partial charge in [0, 0.05) is 18.8 Å². The van der Waals surface area contributed by atoms with Gasteiger partial charge in [0.1, 0.15) is 0 Å². The molecule has 0 radical (unpaired) electrons. The molecule has 0 bridgehead atoms. The van der Waals surface area contributed by atoms with Gasteiger partial charge in [0.25, 0.3) is 0 Å². The Morgan fingerprint density at radius 1 is 1.15 bits per heavy atom. The van der Waals surface area contributed by atoms with Crippen LogP contribution in [0.15, 0.2) is 41.6 Å². The SMILES string of the molecule is CCOC(=O)C1=C(CN2CCCCC2)N(CC)C(=O)N[C@H]1c1ccccc1. The Labute approximate surface area is 161 Å². The number of esters is 1. The molecule has 2 amide bonds. The van der Waals surface area contributed by atoms with Crippen molar-refractivity contribution in [3.63, 3.8) is 0 Å². The molecule has 2 aliphatic heterocycles. The third kappa shape index (κ3) is 4.33. The molecule has 6 heteroatoms. The zero-order chi connectivity index (χ0) is 19.2. The molecule has 1 atom stereocenters. The molecule has 0 spiro atoms. The number of carbonyl (C=O) groups is 2. The highest BCUT2D eigenvalue weighted by molar-refractivity contribution is 5.95. The molecule has 1 N–H and O–H groups in total. The molecule has 1 aromatic carbocycles. The third-order valence-corrected chi connectivity index (χ3v) is 5.20. The lowest BCUT2D eigenvalue weighted by Gasteiger charge is -2.38. The van der Waals surface area contributed by atoms with Crippen molar-refractivity contribution in [2.75, 3.05) is 32.8 Å². The van der Waals surface area contributed by atoms with Gasteiger partial charge in [0.2, 0.25) is 0 Å². The van der Waals surface area contributed by atoms with E-state index >= 15 is 0 Å². The number of likely N-dealkylation sites (tertiary alicyclic amines) is 1. The summed E-state index contributed by atoms with van der Waals surface area (Å²) in [6.07, 6.45) is 3.55. The van der Waals surface area contributed by atoms with Crippen LogP contribution in [0.3, 0.4) is 0 Å². The normalized spacial score (nSPS) is 21.2. The van der Waals surface area contributed by atoms with Crippen LogP contribution in [0.5, 0.6) is 0 Å². The number of nitrogens with zero attached hydrogens (tertiary/aromatic N) is 2. The predicted molar refractivity (Wildman–Crippen MR) is 104 cm³/mol. The van der Waals surface area contributed by atoms with E-state index in [1.54, 1.807) is 11.8 Å². The molecule has 0 aromatic heterocycles. The molecule has 2 aliphatic rings. The zero-order valence-corrected chi connectivity index (χ0v) is 16.2. The first-order valence-corrected chi connectivity index (χ1v) is 9.91. The molecule has 0 saturated carbocycles. The Hall–Kier alpha value is -2.34. The third-order valence-electron chi connectivity index (χ3n) is 5.20. The minimum absolute atomic E-state index is 0.161. The summed E-state index contributed by atoms with van der Waals surface area (Å²) in [5.41, 5.74) is 2.21. The zero-order valence-electron chi connectivity index (χ0n) is 16.2. The van der Waals surface area contributed by atoms with Crippen molar-refractivity contribution in [2.24, 2.45) is 0 Å². The van der Waals surface area contributed by atoms with Gasteiger partial charge in [-0.25, -0.2) is 9.59 Å². The van der Waals surface area contributed by atoms with Gasteiger partial charge in [0.05, 0.1) is 18.2 Å². The van der Waals surface area contributed by atoms with Crippen LogP contribution in [0.1, 0.15) is 44.7 Å². The maximum absolute atomic E-state index is 12.9. The fraction of sp³-hybridized carbons (Fsp3) is 0.524. The van der Waals surface area contributed by atoms with E-state index in [0.717, 1.165) is 37.2 Å². The van der Waals surface area contributed by atoms with Crippen LogP contribution < -0.4 is 5.32 Å². The second-order valence-electron chi connectivity index (χ2n) is 6.96. The number of urea groups is 1. The van der Waals surface area contributed by atoms with Crippen LogP contribution in [0, 0.1) is 0 Å². The average Bonchev–Trinajstić information content (AvgIpc) is 2.69. The van der Waals surface area contributed by atoms with Crippen molar-refractivity contribution >= 4 is 12.0 Å². The van der Waals surface area contributed by atoms with E-state index in [4.69, 9.17) is 4.74 Å². The van der Waals surface area contributed by atoms with Gasteiger partial charge < -0.3 is 10.1 Å². The summed E-state index contributed by atoms with van der Waals surface area (Å²) in [5.74, 6) is -0.350. The Morgan fingerprint density at radius 3 is 2.48 bits per heavy atom. The maximum Gasteiger partial charge on any atom is 0.338 e. The first-order chi connectivity index (χ1) is 13.2. The molecule has 1 fully saturated rings. The van der Waals surface area contributed by atoms with Crippen molar-refractivity contribution in [3.05, 3.63) is 47.2 Å². The lowest BCUT2D eigenvalue weighted by atomic mass is 9.94. The van der Waals surface area contributed by atoms with Gasteiger partial charge in [-0.3, -0.25) is 9.80 Å². The summed E-state index contributed by atoms with van der Waals surface area (Å²) in [6.45, 7) is 7.14. The summed E-state index contributed by atoms with van der Waals surface area (Å²) < 4.78 is 5.39. The summed E-state index contributed by atoms with van der Waals surface area (Å²) in [6, 6.07) is 8.98. The standard InChI is InChI=1S/C21H29N3O3/c1-3-24-17(15-23-13-9-6-10-14-23)18(20(25)27-4-2)19(22-21(24)26)16-11-7-5-8-12-16/h5,7-8,11-12,19H,3-4,6,9-10,13-15H2,1-2H3,(H,22,26)/t19-/m0/s1. The fourth-order valence-corrected chi connectivity index (χ4v) is 3.88. The maximum atomic E-state index is 12.9. The van der Waals surface area contributed by atoms with Crippen LogP contribution in [0.2, 0.25) is 0 Å². The number of likely N-dealkylation sites (N-methyl/N-ethyl adjacent to an activating group) is 1. The van der Waals surface area contributed by atoms with Crippen molar-refractivity contribution in [1.82, 2.24) is 15.1 Å². The van der Waals surface area contributed by atoms with E-state index in [1.165, 1.54) is 6.42 Å². The van der Waals surface area contributed by atoms with Crippen molar-refractivity contribution in [2.45, 2.75) is 39.2 Å². The van der Waals surface area contributed by atoms with E-state index in [2.05, 4.69) is 10.2 Å². The topological polar surface area (TPSA) is 61.9 Å².